The summed E-state index contributed by atoms with van der Waals surface area (Å²) in [6.07, 6.45) is 4.98. The van der Waals surface area contributed by atoms with Gasteiger partial charge in [0.25, 0.3) is 5.56 Å². The van der Waals surface area contributed by atoms with E-state index >= 15 is 0 Å². The Labute approximate surface area is 247 Å². The van der Waals surface area contributed by atoms with E-state index in [4.69, 9.17) is 16.3 Å². The van der Waals surface area contributed by atoms with E-state index in [-0.39, 0.29) is 18.1 Å². The highest BCUT2D eigenvalue weighted by Gasteiger charge is 2.23. The van der Waals surface area contributed by atoms with Crippen molar-refractivity contribution >= 4 is 56.9 Å². The molecule has 3 N–H and O–H groups in total. The van der Waals surface area contributed by atoms with Crippen molar-refractivity contribution in [3.05, 3.63) is 80.4 Å². The number of carbonyl (C=O) groups excluding carboxylic acids is 2. The van der Waals surface area contributed by atoms with Crippen LogP contribution in [-0.2, 0) is 29.0 Å². The van der Waals surface area contributed by atoms with Crippen molar-refractivity contribution in [2.45, 2.75) is 58.3 Å². The van der Waals surface area contributed by atoms with Crippen LogP contribution in [0.3, 0.4) is 0 Å². The van der Waals surface area contributed by atoms with Crippen molar-refractivity contribution in [3.8, 4) is 0 Å². The summed E-state index contributed by atoms with van der Waals surface area (Å²) in [5.41, 5.74) is 1.61. The molecule has 0 saturated carbocycles. The first-order valence-corrected chi connectivity index (χ1v) is 14.3. The van der Waals surface area contributed by atoms with Gasteiger partial charge in [-0.1, -0.05) is 23.7 Å². The molecule has 0 fully saturated rings. The molecule has 0 aliphatic carbocycles. The van der Waals surface area contributed by atoms with E-state index in [1.54, 1.807) is 17.5 Å². The zero-order valence-corrected chi connectivity index (χ0v) is 24.9. The first kappa shape index (κ1) is 30.2. The number of amides is 1. The highest BCUT2D eigenvalue weighted by molar-refractivity contribution is 7.19. The second-order valence-corrected chi connectivity index (χ2v) is 12.1. The fourth-order valence-electron chi connectivity index (χ4n) is 4.27. The van der Waals surface area contributed by atoms with Crippen molar-refractivity contribution in [2.24, 2.45) is 0 Å². The number of hydrogen-bond donors (Lipinski definition) is 3. The summed E-state index contributed by atoms with van der Waals surface area (Å²) < 4.78 is 7.60. The number of fused-ring (bicyclic) bond motifs is 2. The molecule has 4 aromatic rings. The molecule has 0 bridgehead atoms. The fraction of sp³-hybridized carbons (Fsp3) is 0.345. The van der Waals surface area contributed by atoms with Crippen LogP contribution in [0.1, 0.15) is 49.4 Å². The summed E-state index contributed by atoms with van der Waals surface area (Å²) >= 11 is 7.58. The highest BCUT2D eigenvalue weighted by Crippen LogP contribution is 2.30. The Bertz CT molecular complexity index is 1580. The van der Waals surface area contributed by atoms with Gasteiger partial charge in [0.15, 0.2) is 0 Å². The maximum atomic E-state index is 12.3. The Morgan fingerprint density at radius 1 is 1.24 bits per heavy atom. The molecule has 0 saturated heterocycles. The van der Waals surface area contributed by atoms with Crippen molar-refractivity contribution in [1.82, 2.24) is 19.9 Å². The Hall–Kier alpha value is -3.80. The third kappa shape index (κ3) is 8.12. The first-order chi connectivity index (χ1) is 19.6. The standard InChI is InChI=1S/C15H14ClN3O2.C14H19N3O2S/c16-11-3-1-10(2-4-11)12-5-6-13-14(18-12)15(21)19(7-8-20)9-17-13;1-14(2,3)19-13(18)17-12-6-11-9(7-16-12)5-10(20-11)8-15-4/h1-4,8-9,12,18H,5-7H2;5-7,15H,8H2,1-4H3,(H,16,17,18)/t12-;/m0./s1. The number of ether oxygens (including phenoxy) is 1. The minimum atomic E-state index is -0.517. The van der Waals surface area contributed by atoms with Crippen molar-refractivity contribution in [2.75, 3.05) is 17.7 Å². The van der Waals surface area contributed by atoms with Gasteiger partial charge in [0.05, 0.1) is 24.6 Å². The van der Waals surface area contributed by atoms with E-state index in [0.29, 0.717) is 22.8 Å². The molecule has 0 radical (unpaired) electrons. The average molecular weight is 597 g/mol. The number of nitrogens with one attached hydrogen (secondary N) is 3. The van der Waals surface area contributed by atoms with Crippen LogP contribution in [0.15, 0.2) is 53.7 Å². The minimum Gasteiger partial charge on any atom is -0.444 e. The number of aldehydes is 1. The predicted molar refractivity (Wildman–Crippen MR) is 163 cm³/mol. The Morgan fingerprint density at radius 3 is 2.68 bits per heavy atom. The van der Waals surface area contributed by atoms with Gasteiger partial charge in [-0.25, -0.2) is 14.8 Å². The minimum absolute atomic E-state index is 0.0202. The first-order valence-electron chi connectivity index (χ1n) is 13.1. The zero-order chi connectivity index (χ0) is 29.6. The second-order valence-electron chi connectivity index (χ2n) is 10.5. The van der Waals surface area contributed by atoms with E-state index in [9.17, 15) is 14.4 Å². The Balaban J connectivity index is 0.000000189. The molecule has 0 spiro atoms. The molecule has 0 unspecified atom stereocenters. The molecule has 1 aromatic carbocycles. The van der Waals surface area contributed by atoms with Crippen LogP contribution < -0.4 is 21.5 Å². The van der Waals surface area contributed by atoms with Gasteiger partial charge in [-0.15, -0.1) is 11.3 Å². The molecule has 4 heterocycles. The van der Waals surface area contributed by atoms with Crippen molar-refractivity contribution in [1.29, 1.82) is 0 Å². The number of anilines is 2. The van der Waals surface area contributed by atoms with E-state index in [1.807, 2.05) is 58.2 Å². The van der Waals surface area contributed by atoms with Crippen LogP contribution in [0.5, 0.6) is 0 Å². The molecular weight excluding hydrogens is 564 g/mol. The molecule has 1 aliphatic heterocycles. The topological polar surface area (TPSA) is 127 Å². The lowest BCUT2D eigenvalue weighted by Gasteiger charge is -2.26. The molecule has 3 aromatic heterocycles. The molecule has 216 valence electrons. The highest BCUT2D eigenvalue weighted by atomic mass is 35.5. The fourth-order valence-corrected chi connectivity index (χ4v) is 5.48. The number of rotatable bonds is 6. The molecule has 5 rings (SSSR count). The number of halogens is 1. The summed E-state index contributed by atoms with van der Waals surface area (Å²) in [5, 5.41) is 10.8. The van der Waals surface area contributed by atoms with Gasteiger partial charge in [0.2, 0.25) is 0 Å². The third-order valence-corrected chi connectivity index (χ3v) is 7.43. The summed E-state index contributed by atoms with van der Waals surface area (Å²) in [6.45, 7) is 6.33. The lowest BCUT2D eigenvalue weighted by molar-refractivity contribution is -0.108. The number of aromatic nitrogens is 3. The van der Waals surface area contributed by atoms with Gasteiger partial charge in [-0.05, 0) is 70.5 Å². The summed E-state index contributed by atoms with van der Waals surface area (Å²) in [6, 6.07) is 11.6. The molecule has 1 amide bonds. The largest absolute Gasteiger partial charge is 0.444 e. The van der Waals surface area contributed by atoms with E-state index in [2.05, 4.69) is 32.0 Å². The van der Waals surface area contributed by atoms with E-state index in [0.717, 1.165) is 40.7 Å². The van der Waals surface area contributed by atoms with Crippen LogP contribution in [0.2, 0.25) is 5.02 Å². The molecule has 12 heteroatoms. The predicted octanol–water partition coefficient (Wildman–Crippen LogP) is 5.56. The van der Waals surface area contributed by atoms with Crippen LogP contribution in [0, 0.1) is 0 Å². The van der Waals surface area contributed by atoms with Gasteiger partial charge in [-0.3, -0.25) is 14.7 Å². The quantitative estimate of drug-likeness (QED) is 0.247. The van der Waals surface area contributed by atoms with E-state index in [1.165, 1.54) is 15.8 Å². The molecule has 10 nitrogen and oxygen atoms in total. The van der Waals surface area contributed by atoms with Crippen LogP contribution >= 0.6 is 22.9 Å². The summed E-state index contributed by atoms with van der Waals surface area (Å²) in [7, 11) is 1.91. The SMILES string of the molecule is CNCc1cc2cnc(NC(=O)OC(C)(C)C)cc2s1.O=CCn1cnc2c(c1=O)N[C@H](c1ccc(Cl)cc1)CC2. The van der Waals surface area contributed by atoms with Crippen LogP contribution in [0.25, 0.3) is 10.1 Å². The Kier molecular flexibility index (Phi) is 9.74. The average Bonchev–Trinajstić information content (AvgIpc) is 3.32. The normalized spacial score (nSPS) is 14.3. The zero-order valence-electron chi connectivity index (χ0n) is 23.4. The van der Waals surface area contributed by atoms with Crippen molar-refractivity contribution in [3.63, 3.8) is 0 Å². The number of carbonyl (C=O) groups is 2. The number of benzene rings is 1. The van der Waals surface area contributed by atoms with Gasteiger partial charge >= 0.3 is 6.09 Å². The van der Waals surface area contributed by atoms with Gasteiger partial charge in [0.1, 0.15) is 23.4 Å². The molecule has 41 heavy (non-hydrogen) atoms. The molecule has 1 aliphatic rings. The molecule has 1 atom stereocenters. The van der Waals surface area contributed by atoms with Gasteiger partial charge in [0, 0.05) is 32.7 Å². The van der Waals surface area contributed by atoms with Gasteiger partial charge in [-0.2, -0.15) is 0 Å². The lowest BCUT2D eigenvalue weighted by Crippen LogP contribution is -2.31. The Morgan fingerprint density at radius 2 is 2.00 bits per heavy atom. The third-order valence-electron chi connectivity index (χ3n) is 6.08. The van der Waals surface area contributed by atoms with Crippen molar-refractivity contribution < 1.29 is 14.3 Å². The molecular formula is C29H33ClN6O4S. The summed E-state index contributed by atoms with van der Waals surface area (Å²) in [4.78, 5) is 44.3. The lowest BCUT2D eigenvalue weighted by atomic mass is 9.96. The number of nitrogens with zero attached hydrogens (tertiary/aromatic N) is 3. The monoisotopic (exact) mass is 596 g/mol. The number of aryl methyl sites for hydroxylation is 1. The second kappa shape index (κ2) is 13.2. The summed E-state index contributed by atoms with van der Waals surface area (Å²) in [5.74, 6) is 0.504. The van der Waals surface area contributed by atoms with Crippen LogP contribution in [0.4, 0.5) is 16.3 Å². The number of thiophene rings is 1. The smallest absolute Gasteiger partial charge is 0.413 e. The number of hydrogen-bond acceptors (Lipinski definition) is 9. The van der Waals surface area contributed by atoms with Gasteiger partial charge < -0.3 is 20.2 Å². The van der Waals surface area contributed by atoms with Crippen LogP contribution in [-0.4, -0.2) is 39.6 Å². The maximum absolute atomic E-state index is 12.3. The maximum Gasteiger partial charge on any atom is 0.413 e. The van der Waals surface area contributed by atoms with E-state index < -0.39 is 11.7 Å². The number of pyridine rings is 1.